The van der Waals surface area contributed by atoms with E-state index in [4.69, 9.17) is 9.47 Å². The fourth-order valence-corrected chi connectivity index (χ4v) is 6.46. The van der Waals surface area contributed by atoms with Crippen LogP contribution in [0.15, 0.2) is 94.5 Å². The molecule has 226 valence electrons. The first-order valence-electron chi connectivity index (χ1n) is 14.0. The number of carbonyl (C=O) groups excluding carboxylic acids is 2. The molecule has 1 unspecified atom stereocenters. The van der Waals surface area contributed by atoms with Crippen molar-refractivity contribution in [3.63, 3.8) is 0 Å². The van der Waals surface area contributed by atoms with E-state index in [-0.39, 0.29) is 16.5 Å². The summed E-state index contributed by atoms with van der Waals surface area (Å²) in [7, 11) is 0. The average molecular weight is 632 g/mol. The number of hydrogen-bond donors (Lipinski definition) is 1. The minimum atomic E-state index is -1.02. The molecule has 11 heteroatoms. The molecule has 0 radical (unpaired) electrons. The molecule has 3 aromatic carbocycles. The Morgan fingerprint density at radius 3 is 2.57 bits per heavy atom. The summed E-state index contributed by atoms with van der Waals surface area (Å²) in [4.78, 5) is 28.5. The van der Waals surface area contributed by atoms with Crippen molar-refractivity contribution >= 4 is 46.0 Å². The highest BCUT2D eigenvalue weighted by Gasteiger charge is 2.45. The molecule has 1 N–H and O–H groups in total. The number of anilines is 1. The van der Waals surface area contributed by atoms with Crippen molar-refractivity contribution in [1.29, 1.82) is 0 Å². The first kappa shape index (κ1) is 31.0. The van der Waals surface area contributed by atoms with Crippen molar-refractivity contribution in [1.82, 2.24) is 10.2 Å². The highest BCUT2D eigenvalue weighted by molar-refractivity contribution is 8.00. The summed E-state index contributed by atoms with van der Waals surface area (Å²) in [6.45, 7) is 4.69. The smallest absolute Gasteiger partial charge is 0.296 e. The fraction of sp³-hybridized carbons (Fsp3) is 0.212. The number of aromatic nitrogens is 2. The molecule has 0 saturated heterocycles. The second-order valence-electron chi connectivity index (χ2n) is 9.67. The predicted molar refractivity (Wildman–Crippen MR) is 170 cm³/mol. The molecule has 5 rings (SSSR count). The fourth-order valence-electron chi connectivity index (χ4n) is 4.60. The summed E-state index contributed by atoms with van der Waals surface area (Å²) in [6.07, 6.45) is 3.76. The number of carbonyl (C=O) groups is 2. The standard InChI is InChI=1S/C33H30FN3O5S2/c1-3-18-42-26-17-15-22(19-27(26)41-4-2)29-28(25(38)16-14-21-10-6-5-7-11-21)30(39)31(40)37(29)32-35-36-33(44-32)43-20-23-12-8-9-13-24(23)34/h5-17,19,29,39H,3-4,18,20H2,1-2H3/b16-14+. The third-order valence-electron chi connectivity index (χ3n) is 6.66. The van der Waals surface area contributed by atoms with Crippen LogP contribution in [0.1, 0.15) is 43.0 Å². The van der Waals surface area contributed by atoms with Crippen molar-refractivity contribution in [2.45, 2.75) is 36.4 Å². The van der Waals surface area contributed by atoms with Crippen LogP contribution in [-0.2, 0) is 15.3 Å². The van der Waals surface area contributed by atoms with Crippen LogP contribution in [0.3, 0.4) is 0 Å². The Morgan fingerprint density at radius 2 is 1.82 bits per heavy atom. The Bertz CT molecular complexity index is 1710. The van der Waals surface area contributed by atoms with E-state index in [0.717, 1.165) is 23.3 Å². The van der Waals surface area contributed by atoms with Gasteiger partial charge in [0.1, 0.15) is 5.82 Å². The van der Waals surface area contributed by atoms with Crippen molar-refractivity contribution in [2.75, 3.05) is 18.1 Å². The molecular formula is C33H30FN3O5S2. The molecule has 44 heavy (non-hydrogen) atoms. The van der Waals surface area contributed by atoms with Crippen LogP contribution in [0.25, 0.3) is 6.08 Å². The van der Waals surface area contributed by atoms with Gasteiger partial charge in [-0.2, -0.15) is 0 Å². The van der Waals surface area contributed by atoms with Crippen LogP contribution >= 0.6 is 23.1 Å². The van der Waals surface area contributed by atoms with Crippen molar-refractivity contribution < 1.29 is 28.6 Å². The van der Waals surface area contributed by atoms with Gasteiger partial charge >= 0.3 is 0 Å². The molecule has 1 amide bonds. The van der Waals surface area contributed by atoms with E-state index in [0.29, 0.717) is 45.9 Å². The van der Waals surface area contributed by atoms with E-state index < -0.39 is 23.5 Å². The Hall–Kier alpha value is -4.48. The topological polar surface area (TPSA) is 102 Å². The van der Waals surface area contributed by atoms with Gasteiger partial charge in [0.15, 0.2) is 27.4 Å². The molecule has 0 aliphatic carbocycles. The average Bonchev–Trinajstić information content (AvgIpc) is 3.61. The minimum Gasteiger partial charge on any atom is -0.503 e. The molecule has 0 bridgehead atoms. The summed E-state index contributed by atoms with van der Waals surface area (Å²) in [6, 6.07) is 19.9. The number of halogens is 1. The maximum atomic E-state index is 14.2. The maximum Gasteiger partial charge on any atom is 0.296 e. The second-order valence-corrected chi connectivity index (χ2v) is 11.8. The third-order valence-corrected chi connectivity index (χ3v) is 8.76. The normalized spacial score (nSPS) is 14.9. The maximum absolute atomic E-state index is 14.2. The van der Waals surface area contributed by atoms with E-state index in [1.807, 2.05) is 44.2 Å². The molecule has 0 saturated carbocycles. The van der Waals surface area contributed by atoms with Crippen LogP contribution in [0.2, 0.25) is 0 Å². The monoisotopic (exact) mass is 631 g/mol. The zero-order valence-electron chi connectivity index (χ0n) is 24.1. The van der Waals surface area contributed by atoms with Crippen LogP contribution < -0.4 is 14.4 Å². The number of ether oxygens (including phenoxy) is 2. The van der Waals surface area contributed by atoms with Crippen molar-refractivity contribution in [3.8, 4) is 11.5 Å². The highest BCUT2D eigenvalue weighted by Crippen LogP contribution is 2.45. The van der Waals surface area contributed by atoms with Gasteiger partial charge in [-0.1, -0.05) is 90.7 Å². The number of aliphatic hydroxyl groups is 1. The third kappa shape index (κ3) is 6.84. The summed E-state index contributed by atoms with van der Waals surface area (Å²) in [5.41, 5.74) is 1.72. The number of thioether (sulfide) groups is 1. The van der Waals surface area contributed by atoms with Crippen LogP contribution in [0.5, 0.6) is 11.5 Å². The van der Waals surface area contributed by atoms with Crippen molar-refractivity contribution in [3.05, 3.63) is 113 Å². The van der Waals surface area contributed by atoms with Gasteiger partial charge in [-0.15, -0.1) is 10.2 Å². The molecule has 1 atom stereocenters. The number of ketones is 1. The highest BCUT2D eigenvalue weighted by atomic mass is 32.2. The lowest BCUT2D eigenvalue weighted by molar-refractivity contribution is -0.117. The van der Waals surface area contributed by atoms with Gasteiger partial charge in [-0.05, 0) is 54.3 Å². The number of nitrogens with zero attached hydrogens (tertiary/aromatic N) is 3. The van der Waals surface area contributed by atoms with Crippen LogP contribution in [-0.4, -0.2) is 40.2 Å². The van der Waals surface area contributed by atoms with Gasteiger partial charge in [0.05, 0.1) is 24.8 Å². The molecule has 1 aromatic heterocycles. The number of benzene rings is 3. The second kappa shape index (κ2) is 14.3. The van der Waals surface area contributed by atoms with E-state index >= 15 is 0 Å². The molecule has 1 aliphatic heterocycles. The SMILES string of the molecule is CCCOc1ccc(C2C(C(=O)/C=C/c3ccccc3)=C(O)C(=O)N2c2nnc(SCc3ccccc3F)s2)cc1OCC. The van der Waals surface area contributed by atoms with Gasteiger partial charge in [0.2, 0.25) is 5.13 Å². The Morgan fingerprint density at radius 1 is 1.05 bits per heavy atom. The lowest BCUT2D eigenvalue weighted by atomic mass is 9.95. The molecule has 1 aliphatic rings. The van der Waals surface area contributed by atoms with Gasteiger partial charge in [-0.25, -0.2) is 4.39 Å². The van der Waals surface area contributed by atoms with E-state index in [1.165, 1.54) is 28.8 Å². The first-order chi connectivity index (χ1) is 21.4. The van der Waals surface area contributed by atoms with Crippen LogP contribution in [0, 0.1) is 5.82 Å². The van der Waals surface area contributed by atoms with Gasteiger partial charge < -0.3 is 14.6 Å². The van der Waals surface area contributed by atoms with E-state index in [9.17, 15) is 19.1 Å². The zero-order chi connectivity index (χ0) is 31.1. The quantitative estimate of drug-likeness (QED) is 0.0929. The summed E-state index contributed by atoms with van der Waals surface area (Å²) in [5, 5.41) is 19.7. The Labute approximate surface area is 262 Å². The van der Waals surface area contributed by atoms with Crippen LogP contribution in [0.4, 0.5) is 9.52 Å². The molecular weight excluding hydrogens is 602 g/mol. The van der Waals surface area contributed by atoms with Crippen molar-refractivity contribution in [2.24, 2.45) is 0 Å². The van der Waals surface area contributed by atoms with Gasteiger partial charge in [0, 0.05) is 5.75 Å². The van der Waals surface area contributed by atoms with E-state index in [1.54, 1.807) is 42.5 Å². The number of allylic oxidation sites excluding steroid dienone is 1. The Balaban J connectivity index is 1.52. The lowest BCUT2D eigenvalue weighted by Gasteiger charge is -2.24. The Kier molecular flexibility index (Phi) is 10.1. The summed E-state index contributed by atoms with van der Waals surface area (Å²) >= 11 is 2.39. The molecule has 0 spiro atoms. The summed E-state index contributed by atoms with van der Waals surface area (Å²) < 4.78 is 26.4. The van der Waals surface area contributed by atoms with Gasteiger partial charge in [-0.3, -0.25) is 14.5 Å². The van der Waals surface area contributed by atoms with E-state index in [2.05, 4.69) is 10.2 Å². The largest absolute Gasteiger partial charge is 0.503 e. The molecule has 8 nitrogen and oxygen atoms in total. The number of amides is 1. The minimum absolute atomic E-state index is 0.0948. The number of hydrogen-bond acceptors (Lipinski definition) is 9. The first-order valence-corrected chi connectivity index (χ1v) is 15.8. The molecule has 0 fully saturated rings. The zero-order valence-corrected chi connectivity index (χ0v) is 25.7. The van der Waals surface area contributed by atoms with Gasteiger partial charge in [0.25, 0.3) is 5.91 Å². The summed E-state index contributed by atoms with van der Waals surface area (Å²) in [5.74, 6) is -1.02. The molecule has 2 heterocycles. The molecule has 4 aromatic rings. The number of aliphatic hydroxyl groups excluding tert-OH is 1. The lowest BCUT2D eigenvalue weighted by Crippen LogP contribution is -2.31. The number of rotatable bonds is 13. The predicted octanol–water partition coefficient (Wildman–Crippen LogP) is 7.34.